The van der Waals surface area contributed by atoms with E-state index < -0.39 is 29.0 Å². The molecule has 0 saturated heterocycles. The number of aliphatic carboxylic acids is 1. The highest BCUT2D eigenvalue weighted by Crippen LogP contribution is 2.66. The lowest BCUT2D eigenvalue weighted by Gasteiger charge is -2.58. The SMILES string of the molecule is CC(C)(CNC(=O)CO/N=C1\C=C[C@@]2(C)C(=C1)CC[C@@H]1[C@@H]2CC[C@@]2(C)[C@H]1CC[C@]2(C)O)[C@@H](O)C(=O)O. The predicted molar refractivity (Wildman–Crippen MR) is 136 cm³/mol. The van der Waals surface area contributed by atoms with Crippen molar-refractivity contribution in [2.45, 2.75) is 84.8 Å². The smallest absolute Gasteiger partial charge is 0.333 e. The van der Waals surface area contributed by atoms with Gasteiger partial charge in [-0.3, -0.25) is 4.79 Å². The summed E-state index contributed by atoms with van der Waals surface area (Å²) in [6.45, 7) is 9.52. The molecule has 0 spiro atoms. The van der Waals surface area contributed by atoms with Gasteiger partial charge in [0, 0.05) is 17.4 Å². The van der Waals surface area contributed by atoms with Crippen molar-refractivity contribution in [3.05, 3.63) is 23.8 Å². The summed E-state index contributed by atoms with van der Waals surface area (Å²) < 4.78 is 0. The number of oxime groups is 1. The highest BCUT2D eigenvalue weighted by molar-refractivity contribution is 6.05. The van der Waals surface area contributed by atoms with Crippen molar-refractivity contribution in [3.63, 3.8) is 0 Å². The van der Waals surface area contributed by atoms with Gasteiger partial charge in [0.15, 0.2) is 12.7 Å². The summed E-state index contributed by atoms with van der Waals surface area (Å²) in [5.41, 5.74) is 0.434. The second kappa shape index (κ2) is 9.28. The number of nitrogens with zero attached hydrogens (tertiary/aromatic N) is 1. The number of rotatable bonds is 7. The molecule has 8 heteroatoms. The van der Waals surface area contributed by atoms with E-state index >= 15 is 0 Å². The lowest BCUT2D eigenvalue weighted by Crippen LogP contribution is -2.53. The van der Waals surface area contributed by atoms with Gasteiger partial charge in [-0.15, -0.1) is 0 Å². The molecule has 0 aromatic heterocycles. The Labute approximate surface area is 213 Å². The van der Waals surface area contributed by atoms with Crippen LogP contribution >= 0.6 is 0 Å². The fraction of sp³-hybridized carbons (Fsp3) is 0.750. The minimum atomic E-state index is -1.58. The van der Waals surface area contributed by atoms with E-state index in [0.29, 0.717) is 23.5 Å². The first-order valence-corrected chi connectivity index (χ1v) is 13.2. The molecule has 36 heavy (non-hydrogen) atoms. The number of nitrogens with one attached hydrogen (secondary N) is 1. The predicted octanol–water partition coefficient (Wildman–Crippen LogP) is 3.44. The molecule has 0 aromatic rings. The van der Waals surface area contributed by atoms with Crippen LogP contribution in [0.5, 0.6) is 0 Å². The molecule has 3 saturated carbocycles. The van der Waals surface area contributed by atoms with Gasteiger partial charge in [0.25, 0.3) is 5.91 Å². The molecule has 0 aromatic carbocycles. The van der Waals surface area contributed by atoms with E-state index in [1.54, 1.807) is 13.8 Å². The minimum absolute atomic E-state index is 0.000429. The van der Waals surface area contributed by atoms with Crippen LogP contribution < -0.4 is 5.32 Å². The molecule has 200 valence electrons. The number of aliphatic hydroxyl groups is 2. The molecule has 8 nitrogen and oxygen atoms in total. The van der Waals surface area contributed by atoms with Crippen molar-refractivity contribution in [2.75, 3.05) is 13.2 Å². The molecule has 0 aliphatic heterocycles. The average Bonchev–Trinajstić information content (AvgIpc) is 3.06. The topological polar surface area (TPSA) is 128 Å². The van der Waals surface area contributed by atoms with E-state index in [1.165, 1.54) is 5.57 Å². The summed E-state index contributed by atoms with van der Waals surface area (Å²) in [6, 6.07) is 0. The number of carbonyl (C=O) groups excluding carboxylic acids is 1. The molecule has 4 N–H and O–H groups in total. The number of hydrogen-bond donors (Lipinski definition) is 4. The van der Waals surface area contributed by atoms with Crippen molar-refractivity contribution in [2.24, 2.45) is 39.2 Å². The lowest BCUT2D eigenvalue weighted by molar-refractivity contribution is -0.153. The van der Waals surface area contributed by atoms with Gasteiger partial charge >= 0.3 is 5.97 Å². The summed E-state index contributed by atoms with van der Waals surface area (Å²) in [7, 11) is 0. The van der Waals surface area contributed by atoms with Crippen LogP contribution in [0.2, 0.25) is 0 Å². The second-order valence-corrected chi connectivity index (χ2v) is 12.8. The molecule has 4 rings (SSSR count). The monoisotopic (exact) mass is 502 g/mol. The van der Waals surface area contributed by atoms with Crippen molar-refractivity contribution < 1.29 is 29.7 Å². The van der Waals surface area contributed by atoms with E-state index in [2.05, 4.69) is 36.5 Å². The Hall–Kier alpha value is -2.19. The van der Waals surface area contributed by atoms with Gasteiger partial charge in [-0.1, -0.05) is 44.5 Å². The zero-order valence-electron chi connectivity index (χ0n) is 22.2. The molecular weight excluding hydrogens is 460 g/mol. The van der Waals surface area contributed by atoms with Gasteiger partial charge in [-0.25, -0.2) is 4.79 Å². The maximum absolute atomic E-state index is 12.1. The third kappa shape index (κ3) is 4.51. The van der Waals surface area contributed by atoms with Gasteiger partial charge in [0.05, 0.1) is 5.60 Å². The molecule has 0 heterocycles. The summed E-state index contributed by atoms with van der Waals surface area (Å²) in [6.07, 6.45) is 11.1. The quantitative estimate of drug-likeness (QED) is 0.395. The Balaban J connectivity index is 1.35. The lowest BCUT2D eigenvalue weighted by atomic mass is 9.47. The number of carboxylic acid groups (broad SMARTS) is 1. The third-order valence-electron chi connectivity index (χ3n) is 10.2. The highest BCUT2D eigenvalue weighted by Gasteiger charge is 2.62. The molecule has 4 aliphatic rings. The standard InChI is InChI=1S/C28H42N2O6/c1-25(2,23(32)24(33)34)16-29-22(31)15-36-30-18-8-11-26(3)17(14-18)6-7-19-20(26)9-12-27(4)21(19)10-13-28(27,5)35/h8,11,14,19-21,23,32,35H,6-7,9-10,12-13,15-16H2,1-5H3,(H,29,31)(H,33,34)/b30-18+/t19-,20+,21+,23+,26+,27+,28+/m1/s1. The first-order chi connectivity index (χ1) is 16.7. The Morgan fingerprint density at radius 3 is 2.58 bits per heavy atom. The zero-order chi connectivity index (χ0) is 26.5. The molecular formula is C28H42N2O6. The van der Waals surface area contributed by atoms with Crippen molar-refractivity contribution in [1.82, 2.24) is 5.32 Å². The number of aliphatic hydroxyl groups excluding tert-OH is 1. The largest absolute Gasteiger partial charge is 0.479 e. The second-order valence-electron chi connectivity index (χ2n) is 12.8. The van der Waals surface area contributed by atoms with Gasteiger partial charge < -0.3 is 25.5 Å². The molecule has 4 aliphatic carbocycles. The molecule has 3 fully saturated rings. The summed E-state index contributed by atoms with van der Waals surface area (Å²) in [5.74, 6) is -0.0187. The minimum Gasteiger partial charge on any atom is -0.479 e. The summed E-state index contributed by atoms with van der Waals surface area (Å²) >= 11 is 0. The highest BCUT2D eigenvalue weighted by atomic mass is 16.6. The zero-order valence-corrected chi connectivity index (χ0v) is 22.2. The number of carboxylic acids is 1. The molecule has 0 radical (unpaired) electrons. The Morgan fingerprint density at radius 2 is 1.89 bits per heavy atom. The van der Waals surface area contributed by atoms with Gasteiger partial charge in [0.2, 0.25) is 0 Å². The summed E-state index contributed by atoms with van der Waals surface area (Å²) in [4.78, 5) is 28.4. The van der Waals surface area contributed by atoms with Crippen LogP contribution in [0, 0.1) is 34.0 Å². The normalized spacial score (nSPS) is 39.5. The fourth-order valence-corrected chi connectivity index (χ4v) is 7.48. The number of carbonyl (C=O) groups is 2. The van der Waals surface area contributed by atoms with Crippen LogP contribution in [0.15, 0.2) is 29.0 Å². The van der Waals surface area contributed by atoms with Gasteiger partial charge in [0.1, 0.15) is 5.71 Å². The first-order valence-electron chi connectivity index (χ1n) is 13.2. The maximum Gasteiger partial charge on any atom is 0.333 e. The van der Waals surface area contributed by atoms with E-state index in [4.69, 9.17) is 9.94 Å². The first kappa shape index (κ1) is 26.9. The number of amides is 1. The number of allylic oxidation sites excluding steroid dienone is 4. The van der Waals surface area contributed by atoms with Crippen molar-refractivity contribution >= 4 is 17.6 Å². The van der Waals surface area contributed by atoms with E-state index in [0.717, 1.165) is 38.5 Å². The van der Waals surface area contributed by atoms with Crippen LogP contribution in [0.25, 0.3) is 0 Å². The van der Waals surface area contributed by atoms with E-state index in [9.17, 15) is 19.8 Å². The Kier molecular flexibility index (Phi) is 6.92. The fourth-order valence-electron chi connectivity index (χ4n) is 7.48. The molecule has 7 atom stereocenters. The van der Waals surface area contributed by atoms with Gasteiger partial charge in [-0.2, -0.15) is 0 Å². The van der Waals surface area contributed by atoms with Crippen LogP contribution in [0.4, 0.5) is 0 Å². The number of hydrogen-bond acceptors (Lipinski definition) is 6. The van der Waals surface area contributed by atoms with Crippen LogP contribution in [-0.4, -0.2) is 57.8 Å². The average molecular weight is 503 g/mol. The van der Waals surface area contributed by atoms with Crippen LogP contribution in [-0.2, 0) is 14.4 Å². The van der Waals surface area contributed by atoms with Gasteiger partial charge in [-0.05, 0) is 80.8 Å². The van der Waals surface area contributed by atoms with Crippen LogP contribution in [0.1, 0.15) is 73.1 Å². The van der Waals surface area contributed by atoms with E-state index in [-0.39, 0.29) is 24.0 Å². The number of fused-ring (bicyclic) bond motifs is 5. The maximum atomic E-state index is 12.1. The van der Waals surface area contributed by atoms with E-state index in [1.807, 2.05) is 13.0 Å². The van der Waals surface area contributed by atoms with Crippen LogP contribution in [0.3, 0.4) is 0 Å². The Bertz CT molecular complexity index is 998. The van der Waals surface area contributed by atoms with Crippen molar-refractivity contribution in [1.29, 1.82) is 0 Å². The molecule has 1 amide bonds. The van der Waals surface area contributed by atoms with Crippen molar-refractivity contribution in [3.8, 4) is 0 Å². The third-order valence-corrected chi connectivity index (χ3v) is 10.2. The molecule has 0 unspecified atom stereocenters. The molecule has 0 bridgehead atoms. The summed E-state index contributed by atoms with van der Waals surface area (Å²) in [5, 5.41) is 36.6. The Morgan fingerprint density at radius 1 is 1.19 bits per heavy atom.